The minimum Gasteiger partial charge on any atom is -0.494 e. The second-order valence-corrected chi connectivity index (χ2v) is 13.1. The van der Waals surface area contributed by atoms with Crippen molar-refractivity contribution in [3.63, 3.8) is 0 Å². The number of nitrogens with zero attached hydrogens (tertiary/aromatic N) is 5. The van der Waals surface area contributed by atoms with E-state index < -0.39 is 15.1 Å². The van der Waals surface area contributed by atoms with Crippen LogP contribution >= 0.6 is 15.9 Å². The van der Waals surface area contributed by atoms with Crippen molar-refractivity contribution < 1.29 is 17.9 Å². The number of aromatic nitrogens is 4. The van der Waals surface area contributed by atoms with Crippen LogP contribution in [-0.2, 0) is 21.6 Å². The Kier molecular flexibility index (Phi) is 8.47. The van der Waals surface area contributed by atoms with Crippen LogP contribution in [0.5, 0.6) is 5.75 Å². The maximum atomic E-state index is 13.0. The Morgan fingerprint density at radius 3 is 2.51 bits per heavy atom. The predicted octanol–water partition coefficient (Wildman–Crippen LogP) is 5.15. The number of sulfone groups is 1. The molecule has 2 aromatic carbocycles. The maximum Gasteiger partial charge on any atom is 0.229 e. The van der Waals surface area contributed by atoms with Crippen LogP contribution in [0.25, 0.3) is 11.1 Å². The van der Waals surface area contributed by atoms with Crippen molar-refractivity contribution in [3.05, 3.63) is 59.5 Å². The zero-order chi connectivity index (χ0) is 29.1. The Balaban J connectivity index is 1.51. The summed E-state index contributed by atoms with van der Waals surface area (Å²) in [5, 5.41) is 10.3. The second kappa shape index (κ2) is 12.0. The zero-order valence-electron chi connectivity index (χ0n) is 23.3. The van der Waals surface area contributed by atoms with Crippen molar-refractivity contribution >= 4 is 54.6 Å². The lowest BCUT2D eigenvalue weighted by Gasteiger charge is -2.31. The Morgan fingerprint density at radius 1 is 1.07 bits per heavy atom. The summed E-state index contributed by atoms with van der Waals surface area (Å²) < 4.78 is 39.6. The summed E-state index contributed by atoms with van der Waals surface area (Å²) in [5.74, 6) is 1.33. The molecular weight excluding hydrogens is 610 g/mol. The number of rotatable bonds is 9. The van der Waals surface area contributed by atoms with Crippen LogP contribution in [-0.4, -0.2) is 66.8 Å². The molecule has 0 saturated carbocycles. The van der Waals surface area contributed by atoms with Crippen LogP contribution in [0.3, 0.4) is 0 Å². The molecule has 0 unspecified atom stereocenters. The molecule has 0 bridgehead atoms. The maximum absolute atomic E-state index is 13.0. The van der Waals surface area contributed by atoms with E-state index in [-0.39, 0.29) is 4.90 Å². The Hall–Kier alpha value is -3.68. The van der Waals surface area contributed by atoms with Gasteiger partial charge in [0.1, 0.15) is 11.6 Å². The van der Waals surface area contributed by atoms with Gasteiger partial charge in [-0.3, -0.25) is 4.68 Å². The van der Waals surface area contributed by atoms with Gasteiger partial charge in [0.2, 0.25) is 5.95 Å². The number of benzene rings is 2. The minimum atomic E-state index is -3.52. The molecule has 1 saturated heterocycles. The summed E-state index contributed by atoms with van der Waals surface area (Å²) in [6.07, 6.45) is 5.40. The van der Waals surface area contributed by atoms with E-state index in [1.54, 1.807) is 56.1 Å². The first-order valence-electron chi connectivity index (χ1n) is 13.1. The van der Waals surface area contributed by atoms with Crippen LogP contribution in [0.15, 0.2) is 64.4 Å². The molecule has 1 aliphatic heterocycles. The first-order chi connectivity index (χ1) is 19.7. The fraction of sp³-hybridized carbons (Fsp3) is 0.321. The van der Waals surface area contributed by atoms with E-state index in [9.17, 15) is 8.42 Å². The SMILES string of the molecule is COc1cc(N2CCOCC2)c(-c2cnn(C)c2)cc1Nc1ncc(Br)c(Nc2ccccc2S(=O)(=O)C(C)C)n1. The summed E-state index contributed by atoms with van der Waals surface area (Å²) in [4.78, 5) is 11.6. The van der Waals surface area contributed by atoms with E-state index in [4.69, 9.17) is 9.47 Å². The fourth-order valence-corrected chi connectivity index (χ4v) is 6.02. The summed E-state index contributed by atoms with van der Waals surface area (Å²) >= 11 is 3.49. The number of anilines is 5. The molecule has 216 valence electrons. The molecule has 2 N–H and O–H groups in total. The average Bonchev–Trinajstić information content (AvgIpc) is 3.41. The number of morpholine rings is 1. The largest absolute Gasteiger partial charge is 0.494 e. The van der Waals surface area contributed by atoms with Gasteiger partial charge in [0.15, 0.2) is 9.84 Å². The van der Waals surface area contributed by atoms with Gasteiger partial charge in [0.25, 0.3) is 0 Å². The second-order valence-electron chi connectivity index (χ2n) is 9.80. The van der Waals surface area contributed by atoms with Crippen molar-refractivity contribution in [2.75, 3.05) is 48.9 Å². The van der Waals surface area contributed by atoms with Gasteiger partial charge in [0, 0.05) is 55.4 Å². The van der Waals surface area contributed by atoms with Gasteiger partial charge in [-0.2, -0.15) is 10.1 Å². The summed E-state index contributed by atoms with van der Waals surface area (Å²) in [7, 11) is -0.0189. The first kappa shape index (κ1) is 28.8. The van der Waals surface area contributed by atoms with Gasteiger partial charge in [-0.25, -0.2) is 13.4 Å². The molecule has 0 radical (unpaired) electrons. The van der Waals surface area contributed by atoms with E-state index in [0.29, 0.717) is 46.6 Å². The summed E-state index contributed by atoms with van der Waals surface area (Å²) in [5.41, 5.74) is 4.05. The standard InChI is InChI=1S/C28H32BrN7O4S/c1-18(2)41(37,38)26-8-6-5-7-22(26)32-27-21(29)16-30-28(34-27)33-23-13-20(19-15-31-35(3)17-19)24(14-25(23)39-4)36-9-11-40-12-10-36/h5-8,13-18H,9-12H2,1-4H3,(H2,30,32,33,34). The van der Waals surface area contributed by atoms with Crippen LogP contribution < -0.4 is 20.3 Å². The van der Waals surface area contributed by atoms with Crippen molar-refractivity contribution in [2.45, 2.75) is 24.0 Å². The molecule has 0 amide bonds. The molecule has 11 nitrogen and oxygen atoms in total. The molecule has 0 aliphatic carbocycles. The number of hydrogen-bond acceptors (Lipinski definition) is 10. The quantitative estimate of drug-likeness (QED) is 0.253. The first-order valence-corrected chi connectivity index (χ1v) is 15.4. The topological polar surface area (TPSA) is 123 Å². The highest BCUT2D eigenvalue weighted by Gasteiger charge is 2.24. The van der Waals surface area contributed by atoms with Crippen LogP contribution in [0.4, 0.5) is 28.8 Å². The minimum absolute atomic E-state index is 0.205. The lowest BCUT2D eigenvalue weighted by atomic mass is 10.0. The summed E-state index contributed by atoms with van der Waals surface area (Å²) in [6.45, 7) is 6.15. The highest BCUT2D eigenvalue weighted by Crippen LogP contribution is 2.41. The van der Waals surface area contributed by atoms with Crippen molar-refractivity contribution in [1.82, 2.24) is 19.7 Å². The number of aryl methyl sites for hydroxylation is 1. The monoisotopic (exact) mass is 641 g/mol. The Bertz CT molecular complexity index is 1650. The van der Waals surface area contributed by atoms with Gasteiger partial charge < -0.3 is 25.0 Å². The van der Waals surface area contributed by atoms with E-state index in [0.717, 1.165) is 29.9 Å². The molecule has 3 heterocycles. The number of halogens is 1. The van der Waals surface area contributed by atoms with Crippen molar-refractivity contribution in [1.29, 1.82) is 0 Å². The smallest absolute Gasteiger partial charge is 0.229 e. The molecule has 13 heteroatoms. The highest BCUT2D eigenvalue weighted by molar-refractivity contribution is 9.10. The van der Waals surface area contributed by atoms with E-state index in [1.807, 2.05) is 31.6 Å². The van der Waals surface area contributed by atoms with Crippen molar-refractivity contribution in [3.8, 4) is 16.9 Å². The van der Waals surface area contributed by atoms with Crippen molar-refractivity contribution in [2.24, 2.45) is 7.05 Å². The van der Waals surface area contributed by atoms with Gasteiger partial charge in [0.05, 0.1) is 52.5 Å². The van der Waals surface area contributed by atoms with E-state index in [2.05, 4.69) is 46.5 Å². The molecular formula is C28H32BrN7O4S. The number of hydrogen-bond donors (Lipinski definition) is 2. The van der Waals surface area contributed by atoms with Gasteiger partial charge in [-0.1, -0.05) is 12.1 Å². The zero-order valence-corrected chi connectivity index (χ0v) is 25.7. The fourth-order valence-electron chi connectivity index (χ4n) is 4.53. The highest BCUT2D eigenvalue weighted by atomic mass is 79.9. The lowest BCUT2D eigenvalue weighted by molar-refractivity contribution is 0.122. The van der Waals surface area contributed by atoms with Gasteiger partial charge in [-0.05, 0) is 48.0 Å². The van der Waals surface area contributed by atoms with Crippen LogP contribution in [0, 0.1) is 0 Å². The molecule has 0 spiro atoms. The molecule has 1 fully saturated rings. The number of ether oxygens (including phenoxy) is 2. The summed E-state index contributed by atoms with van der Waals surface area (Å²) in [6, 6.07) is 10.8. The lowest BCUT2D eigenvalue weighted by Crippen LogP contribution is -2.36. The number of methoxy groups -OCH3 is 1. The third kappa shape index (κ3) is 6.16. The average molecular weight is 643 g/mol. The van der Waals surface area contributed by atoms with Gasteiger partial charge >= 0.3 is 0 Å². The third-order valence-corrected chi connectivity index (χ3v) is 9.53. The normalized spacial score (nSPS) is 13.9. The van der Waals surface area contributed by atoms with E-state index in [1.165, 1.54) is 0 Å². The molecule has 1 aliphatic rings. The number of nitrogens with one attached hydrogen (secondary N) is 2. The molecule has 5 rings (SSSR count). The molecule has 2 aromatic heterocycles. The van der Waals surface area contributed by atoms with Crippen LogP contribution in [0.1, 0.15) is 13.8 Å². The van der Waals surface area contributed by atoms with E-state index >= 15 is 0 Å². The number of para-hydroxylation sites is 1. The van der Waals surface area contributed by atoms with Gasteiger partial charge in [-0.15, -0.1) is 0 Å². The Labute approximate surface area is 248 Å². The molecule has 0 atom stereocenters. The predicted molar refractivity (Wildman–Crippen MR) is 163 cm³/mol. The van der Waals surface area contributed by atoms with Crippen LogP contribution in [0.2, 0.25) is 0 Å². The Morgan fingerprint density at radius 2 is 1.83 bits per heavy atom. The molecule has 4 aromatic rings. The molecule has 41 heavy (non-hydrogen) atoms. The third-order valence-electron chi connectivity index (χ3n) is 6.74.